The maximum Gasteiger partial charge on any atom is 0.379 e. The van der Waals surface area contributed by atoms with Crippen molar-refractivity contribution >= 4 is 23.2 Å². The van der Waals surface area contributed by atoms with E-state index < -0.39 is 17.5 Å². The Kier molecular flexibility index (Phi) is 6.53. The number of aromatic nitrogens is 1. The lowest BCUT2D eigenvalue weighted by atomic mass is 10.1. The maximum atomic E-state index is 13.9. The molecule has 1 fully saturated rings. The van der Waals surface area contributed by atoms with Crippen LogP contribution in [0.25, 0.3) is 0 Å². The predicted octanol–water partition coefficient (Wildman–Crippen LogP) is 5.04. The first kappa shape index (κ1) is 22.9. The summed E-state index contributed by atoms with van der Waals surface area (Å²) < 4.78 is 33.7. The van der Waals surface area contributed by atoms with Gasteiger partial charge in [-0.1, -0.05) is 42.5 Å². The molecule has 1 saturated carbocycles. The van der Waals surface area contributed by atoms with Crippen molar-refractivity contribution in [3.8, 4) is 5.75 Å². The number of benzene rings is 2. The molecular formula is C25H22F2N4O3. The van der Waals surface area contributed by atoms with E-state index in [-0.39, 0.29) is 11.4 Å². The van der Waals surface area contributed by atoms with Gasteiger partial charge in [-0.3, -0.25) is 5.41 Å². The molecule has 1 aliphatic carbocycles. The van der Waals surface area contributed by atoms with Crippen LogP contribution in [0.5, 0.6) is 5.75 Å². The van der Waals surface area contributed by atoms with E-state index in [1.807, 2.05) is 30.3 Å². The highest BCUT2D eigenvalue weighted by Gasteiger charge is 2.41. The zero-order valence-corrected chi connectivity index (χ0v) is 18.0. The van der Waals surface area contributed by atoms with Gasteiger partial charge in [-0.25, -0.2) is 9.78 Å². The zero-order valence-electron chi connectivity index (χ0n) is 18.0. The Bertz CT molecular complexity index is 1230. The van der Waals surface area contributed by atoms with E-state index in [0.717, 1.165) is 25.0 Å². The van der Waals surface area contributed by atoms with Gasteiger partial charge >= 0.3 is 11.9 Å². The summed E-state index contributed by atoms with van der Waals surface area (Å²) in [4.78, 5) is 15.0. The summed E-state index contributed by atoms with van der Waals surface area (Å²) in [6.07, 6.45) is 5.28. The largest absolute Gasteiger partial charge is 0.477 e. The first-order valence-electron chi connectivity index (χ1n) is 10.6. The van der Waals surface area contributed by atoms with Crippen molar-refractivity contribution in [1.82, 2.24) is 10.3 Å². The number of allylic oxidation sites excluding steroid dienone is 1. The van der Waals surface area contributed by atoms with Gasteiger partial charge < -0.3 is 20.5 Å². The van der Waals surface area contributed by atoms with Crippen LogP contribution in [-0.2, 0) is 10.7 Å². The van der Waals surface area contributed by atoms with E-state index in [1.165, 1.54) is 18.3 Å². The van der Waals surface area contributed by atoms with Gasteiger partial charge in [0.15, 0.2) is 5.76 Å². The second kappa shape index (κ2) is 9.70. The number of carboxylic acids is 1. The Balaban J connectivity index is 1.54. The van der Waals surface area contributed by atoms with Gasteiger partial charge in [0, 0.05) is 41.3 Å². The Hall–Kier alpha value is -4.27. The number of nitrogens with zero attached hydrogens (tertiary/aromatic N) is 1. The SMILES string of the molecule is N=C(/C(=C\NC1CC1)Oc1ccnc(Nc2cccc(C(F)(F)C(=O)O)c2)c1)c1ccccc1. The Morgan fingerprint density at radius 1 is 1.12 bits per heavy atom. The molecule has 4 N–H and O–H groups in total. The summed E-state index contributed by atoms with van der Waals surface area (Å²) in [6.45, 7) is 0. The number of ether oxygens (including phenoxy) is 1. The molecule has 4 rings (SSSR count). The third-order valence-corrected chi connectivity index (χ3v) is 5.06. The summed E-state index contributed by atoms with van der Waals surface area (Å²) in [7, 11) is 0. The first-order chi connectivity index (χ1) is 16.3. The van der Waals surface area contributed by atoms with Gasteiger partial charge in [0.2, 0.25) is 0 Å². The lowest BCUT2D eigenvalue weighted by molar-refractivity contribution is -0.166. The molecule has 0 unspecified atom stereocenters. The van der Waals surface area contributed by atoms with Gasteiger partial charge in [0.25, 0.3) is 0 Å². The van der Waals surface area contributed by atoms with Crippen LogP contribution < -0.4 is 15.4 Å². The molecule has 0 amide bonds. The molecule has 0 saturated heterocycles. The van der Waals surface area contributed by atoms with Crippen molar-refractivity contribution in [2.24, 2.45) is 0 Å². The Labute approximate surface area is 194 Å². The standard InChI is InChI=1S/C25H22F2N4O3/c26-25(27,24(32)33)17-7-4-8-19(13-17)31-22-14-20(11-12-29-22)34-21(15-30-18-9-10-18)23(28)16-5-2-1-3-6-16/h1-8,11-15,18,28,30H,9-10H2,(H,29,31)(H,32,33)/b21-15+,28-23?. The summed E-state index contributed by atoms with van der Waals surface area (Å²) in [5.74, 6) is -5.23. The normalized spacial score (nSPS) is 13.8. The predicted molar refractivity (Wildman–Crippen MR) is 124 cm³/mol. The van der Waals surface area contributed by atoms with Gasteiger partial charge in [0.1, 0.15) is 17.3 Å². The third kappa shape index (κ3) is 5.55. The van der Waals surface area contributed by atoms with Crippen molar-refractivity contribution in [3.05, 3.63) is 96.0 Å². The Morgan fingerprint density at radius 3 is 2.59 bits per heavy atom. The molecule has 0 radical (unpaired) electrons. The highest BCUT2D eigenvalue weighted by atomic mass is 19.3. The van der Waals surface area contributed by atoms with Crippen LogP contribution in [0.15, 0.2) is 84.9 Å². The van der Waals surface area contributed by atoms with Crippen LogP contribution in [-0.4, -0.2) is 27.8 Å². The fourth-order valence-electron chi connectivity index (χ4n) is 3.08. The summed E-state index contributed by atoms with van der Waals surface area (Å²) in [5, 5.41) is 23.5. The minimum atomic E-state index is -4.01. The average molecular weight is 464 g/mol. The van der Waals surface area contributed by atoms with Crippen LogP contribution in [0.4, 0.5) is 20.3 Å². The number of nitrogens with one attached hydrogen (secondary N) is 3. The third-order valence-electron chi connectivity index (χ3n) is 5.06. The molecule has 7 nitrogen and oxygen atoms in total. The van der Waals surface area contributed by atoms with Crippen molar-refractivity contribution in [3.63, 3.8) is 0 Å². The molecule has 0 bridgehead atoms. The topological polar surface area (TPSA) is 107 Å². The molecular weight excluding hydrogens is 442 g/mol. The summed E-state index contributed by atoms with van der Waals surface area (Å²) >= 11 is 0. The number of anilines is 2. The second-order valence-electron chi connectivity index (χ2n) is 7.75. The van der Waals surface area contributed by atoms with Gasteiger partial charge in [-0.2, -0.15) is 8.78 Å². The number of halogens is 2. The molecule has 1 aromatic heterocycles. The first-order valence-corrected chi connectivity index (χ1v) is 10.6. The quantitative estimate of drug-likeness (QED) is 0.247. The molecule has 0 atom stereocenters. The van der Waals surface area contributed by atoms with Crippen molar-refractivity contribution in [2.75, 3.05) is 5.32 Å². The van der Waals surface area contributed by atoms with Gasteiger partial charge in [-0.05, 0) is 31.0 Å². The number of hydrogen-bond donors (Lipinski definition) is 4. The fraction of sp³-hybridized carbons (Fsp3) is 0.160. The number of aliphatic carboxylic acids is 1. The number of rotatable bonds is 10. The van der Waals surface area contributed by atoms with E-state index in [2.05, 4.69) is 15.6 Å². The number of alkyl halides is 2. The molecule has 9 heteroatoms. The van der Waals surface area contributed by atoms with Crippen LogP contribution in [0.2, 0.25) is 0 Å². The molecule has 1 aliphatic rings. The van der Waals surface area contributed by atoms with Crippen LogP contribution in [0, 0.1) is 5.41 Å². The molecule has 3 aromatic rings. The molecule has 0 spiro atoms. The van der Waals surface area contributed by atoms with E-state index in [9.17, 15) is 13.6 Å². The van der Waals surface area contributed by atoms with E-state index in [4.69, 9.17) is 15.3 Å². The van der Waals surface area contributed by atoms with Crippen LogP contribution >= 0.6 is 0 Å². The minimum absolute atomic E-state index is 0.198. The lowest BCUT2D eigenvalue weighted by Crippen LogP contribution is -2.25. The number of carboxylic acid groups (broad SMARTS) is 1. The number of carbonyl (C=O) groups is 1. The van der Waals surface area contributed by atoms with Gasteiger partial charge in [0.05, 0.1) is 0 Å². The van der Waals surface area contributed by atoms with Gasteiger partial charge in [-0.15, -0.1) is 0 Å². The minimum Gasteiger partial charge on any atom is -0.477 e. The highest BCUT2D eigenvalue weighted by molar-refractivity contribution is 6.09. The van der Waals surface area contributed by atoms with Crippen LogP contribution in [0.3, 0.4) is 0 Å². The second-order valence-corrected chi connectivity index (χ2v) is 7.75. The molecule has 34 heavy (non-hydrogen) atoms. The molecule has 174 valence electrons. The zero-order chi connectivity index (χ0) is 24.1. The summed E-state index contributed by atoms with van der Waals surface area (Å²) in [6, 6.07) is 17.7. The van der Waals surface area contributed by atoms with Crippen LogP contribution in [0.1, 0.15) is 24.0 Å². The summed E-state index contributed by atoms with van der Waals surface area (Å²) in [5.41, 5.74) is 0.481. The molecule has 0 aliphatic heterocycles. The van der Waals surface area contributed by atoms with Crippen molar-refractivity contribution in [2.45, 2.75) is 24.8 Å². The smallest absolute Gasteiger partial charge is 0.379 e. The average Bonchev–Trinajstić information content (AvgIpc) is 3.67. The van der Waals surface area contributed by atoms with E-state index in [1.54, 1.807) is 18.3 Å². The van der Waals surface area contributed by atoms with Crippen molar-refractivity contribution < 1.29 is 23.4 Å². The highest BCUT2D eigenvalue weighted by Crippen LogP contribution is 2.31. The molecule has 1 heterocycles. The van der Waals surface area contributed by atoms with Crippen molar-refractivity contribution in [1.29, 1.82) is 5.41 Å². The molecule has 2 aromatic carbocycles. The lowest BCUT2D eigenvalue weighted by Gasteiger charge is -2.15. The number of hydrogen-bond acceptors (Lipinski definition) is 6. The maximum absolute atomic E-state index is 13.9. The van der Waals surface area contributed by atoms with E-state index in [0.29, 0.717) is 28.9 Å². The fourth-order valence-corrected chi connectivity index (χ4v) is 3.08. The number of pyridine rings is 1. The van der Waals surface area contributed by atoms with E-state index >= 15 is 0 Å². The Morgan fingerprint density at radius 2 is 1.88 bits per heavy atom. The monoisotopic (exact) mass is 464 g/mol.